The van der Waals surface area contributed by atoms with Gasteiger partial charge in [0.15, 0.2) is 5.78 Å². The molecule has 4 rings (SSSR count). The van der Waals surface area contributed by atoms with Crippen molar-refractivity contribution in [3.8, 4) is 0 Å². The van der Waals surface area contributed by atoms with Crippen molar-refractivity contribution in [2.75, 3.05) is 31.1 Å². The molecule has 0 N–H and O–H groups in total. The molecule has 1 aliphatic heterocycles. The monoisotopic (exact) mass is 376 g/mol. The first-order chi connectivity index (χ1) is 13.5. The van der Waals surface area contributed by atoms with Gasteiger partial charge in [-0.25, -0.2) is 0 Å². The van der Waals surface area contributed by atoms with Crippen molar-refractivity contribution in [1.82, 2.24) is 4.90 Å². The maximum atomic E-state index is 12.8. The van der Waals surface area contributed by atoms with E-state index in [4.69, 9.17) is 4.42 Å². The van der Waals surface area contributed by atoms with Crippen molar-refractivity contribution in [2.45, 2.75) is 20.3 Å². The molecule has 0 unspecified atom stereocenters. The summed E-state index contributed by atoms with van der Waals surface area (Å²) in [4.78, 5) is 28.4. The Morgan fingerprint density at radius 2 is 1.71 bits per heavy atom. The Bertz CT molecular complexity index is 1010. The van der Waals surface area contributed by atoms with Crippen LogP contribution >= 0.6 is 0 Å². The minimum Gasteiger partial charge on any atom is -0.464 e. The van der Waals surface area contributed by atoms with E-state index >= 15 is 0 Å². The highest BCUT2D eigenvalue weighted by Gasteiger charge is 2.22. The molecule has 5 heteroatoms. The van der Waals surface area contributed by atoms with Crippen LogP contribution in [0.15, 0.2) is 53.1 Å². The Balaban J connectivity index is 1.37. The number of rotatable bonds is 4. The average Bonchev–Trinajstić information content (AvgIpc) is 3.10. The number of furan rings is 1. The number of benzene rings is 2. The molecular weight excluding hydrogens is 352 g/mol. The number of ketones is 1. The topological polar surface area (TPSA) is 53.8 Å². The summed E-state index contributed by atoms with van der Waals surface area (Å²) in [5, 5.41) is 1.02. The van der Waals surface area contributed by atoms with Crippen LogP contribution in [0.5, 0.6) is 0 Å². The maximum absolute atomic E-state index is 12.8. The fourth-order valence-corrected chi connectivity index (χ4v) is 3.72. The van der Waals surface area contributed by atoms with Gasteiger partial charge in [0.2, 0.25) is 5.91 Å². The van der Waals surface area contributed by atoms with E-state index in [2.05, 4.69) is 4.90 Å². The Morgan fingerprint density at radius 1 is 1.00 bits per heavy atom. The van der Waals surface area contributed by atoms with E-state index in [0.717, 1.165) is 46.4 Å². The van der Waals surface area contributed by atoms with E-state index in [1.54, 1.807) is 13.2 Å². The van der Waals surface area contributed by atoms with E-state index < -0.39 is 0 Å². The average molecular weight is 376 g/mol. The van der Waals surface area contributed by atoms with Crippen LogP contribution in [0.2, 0.25) is 0 Å². The van der Waals surface area contributed by atoms with Crippen LogP contribution in [0, 0.1) is 6.92 Å². The molecular formula is C23H24N2O3. The molecule has 1 amide bonds. The molecule has 0 bridgehead atoms. The van der Waals surface area contributed by atoms with Gasteiger partial charge in [-0.15, -0.1) is 0 Å². The number of amides is 1. The zero-order valence-electron chi connectivity index (χ0n) is 16.3. The van der Waals surface area contributed by atoms with Gasteiger partial charge >= 0.3 is 0 Å². The van der Waals surface area contributed by atoms with Gasteiger partial charge in [0.25, 0.3) is 0 Å². The van der Waals surface area contributed by atoms with Crippen LogP contribution in [0.25, 0.3) is 11.0 Å². The lowest BCUT2D eigenvalue weighted by atomic mass is 10.1. The number of anilines is 1. The molecule has 1 aromatic heterocycles. The van der Waals surface area contributed by atoms with Crippen LogP contribution in [0.4, 0.5) is 5.69 Å². The van der Waals surface area contributed by atoms with Crippen molar-refractivity contribution in [2.24, 2.45) is 0 Å². The number of fused-ring (bicyclic) bond motifs is 1. The summed E-state index contributed by atoms with van der Waals surface area (Å²) < 4.78 is 5.62. The van der Waals surface area contributed by atoms with Gasteiger partial charge in [-0.05, 0) is 49.7 Å². The van der Waals surface area contributed by atoms with Crippen LogP contribution in [-0.2, 0) is 11.2 Å². The van der Waals surface area contributed by atoms with E-state index in [1.807, 2.05) is 54.3 Å². The summed E-state index contributed by atoms with van der Waals surface area (Å²) >= 11 is 0. The van der Waals surface area contributed by atoms with Gasteiger partial charge in [0.05, 0.1) is 12.7 Å². The number of nitrogens with zero attached hydrogens (tertiary/aromatic N) is 2. The lowest BCUT2D eigenvalue weighted by Gasteiger charge is -2.36. The highest BCUT2D eigenvalue weighted by molar-refractivity contribution is 5.94. The summed E-state index contributed by atoms with van der Waals surface area (Å²) in [6, 6.07) is 13.8. The van der Waals surface area contributed by atoms with Crippen LogP contribution in [0.3, 0.4) is 0 Å². The number of carbonyl (C=O) groups is 2. The molecule has 28 heavy (non-hydrogen) atoms. The molecule has 0 atom stereocenters. The molecule has 144 valence electrons. The maximum Gasteiger partial charge on any atom is 0.227 e. The molecule has 2 aromatic carbocycles. The number of piperazine rings is 1. The van der Waals surface area contributed by atoms with Crippen LogP contribution < -0.4 is 4.90 Å². The lowest BCUT2D eigenvalue weighted by molar-refractivity contribution is -0.130. The van der Waals surface area contributed by atoms with Gasteiger partial charge in [-0.2, -0.15) is 0 Å². The minimum atomic E-state index is 0.0731. The Hall–Kier alpha value is -3.08. The third-order valence-corrected chi connectivity index (χ3v) is 5.42. The van der Waals surface area contributed by atoms with Crippen molar-refractivity contribution < 1.29 is 14.0 Å². The second-order valence-electron chi connectivity index (χ2n) is 7.41. The van der Waals surface area contributed by atoms with E-state index in [9.17, 15) is 9.59 Å². The van der Waals surface area contributed by atoms with Crippen molar-refractivity contribution in [1.29, 1.82) is 0 Å². The standard InChI is InChI=1S/C23H24N2O3/c1-16-3-8-21-19(15-28-22(21)13-16)14-23(27)25-11-9-24(10-12-25)20-6-4-18(5-7-20)17(2)26/h3-8,13,15H,9-12,14H2,1-2H3. The first-order valence-corrected chi connectivity index (χ1v) is 9.62. The van der Waals surface area contributed by atoms with Crippen molar-refractivity contribution >= 4 is 28.3 Å². The highest BCUT2D eigenvalue weighted by Crippen LogP contribution is 2.24. The number of hydrogen-bond acceptors (Lipinski definition) is 4. The third kappa shape index (κ3) is 3.65. The van der Waals surface area contributed by atoms with Gasteiger partial charge < -0.3 is 14.2 Å². The number of carbonyl (C=O) groups excluding carboxylic acids is 2. The van der Waals surface area contributed by atoms with Gasteiger partial charge in [-0.3, -0.25) is 9.59 Å². The summed E-state index contributed by atoms with van der Waals surface area (Å²) in [6.07, 6.45) is 2.07. The van der Waals surface area contributed by atoms with Crippen molar-refractivity contribution in [3.63, 3.8) is 0 Å². The largest absolute Gasteiger partial charge is 0.464 e. The lowest BCUT2D eigenvalue weighted by Crippen LogP contribution is -2.49. The summed E-state index contributed by atoms with van der Waals surface area (Å²) in [5.41, 5.74) is 4.74. The zero-order valence-corrected chi connectivity index (χ0v) is 16.3. The molecule has 2 heterocycles. The van der Waals surface area contributed by atoms with Gasteiger partial charge in [0.1, 0.15) is 5.58 Å². The van der Waals surface area contributed by atoms with E-state index in [0.29, 0.717) is 19.5 Å². The quantitative estimate of drug-likeness (QED) is 0.650. The molecule has 1 aliphatic rings. The van der Waals surface area contributed by atoms with E-state index in [1.165, 1.54) is 0 Å². The molecule has 0 aliphatic carbocycles. The summed E-state index contributed by atoms with van der Waals surface area (Å²) in [5.74, 6) is 0.207. The minimum absolute atomic E-state index is 0.0731. The summed E-state index contributed by atoms with van der Waals surface area (Å²) in [7, 11) is 0. The molecule has 5 nitrogen and oxygen atoms in total. The molecule has 1 saturated heterocycles. The highest BCUT2D eigenvalue weighted by atomic mass is 16.3. The molecule has 1 fully saturated rings. The molecule has 0 saturated carbocycles. The molecule has 0 spiro atoms. The Labute approximate surface area is 164 Å². The number of aryl methyl sites for hydroxylation is 1. The van der Waals surface area contributed by atoms with E-state index in [-0.39, 0.29) is 11.7 Å². The third-order valence-electron chi connectivity index (χ3n) is 5.42. The van der Waals surface area contributed by atoms with Crippen LogP contribution in [0.1, 0.15) is 28.4 Å². The fourth-order valence-electron chi connectivity index (χ4n) is 3.72. The first kappa shape index (κ1) is 18.3. The Kier molecular flexibility index (Phi) is 4.90. The number of hydrogen-bond donors (Lipinski definition) is 0. The normalized spacial score (nSPS) is 14.5. The zero-order chi connectivity index (χ0) is 19.7. The van der Waals surface area contributed by atoms with Gasteiger partial charge in [0, 0.05) is 48.4 Å². The smallest absolute Gasteiger partial charge is 0.227 e. The predicted molar refractivity (Wildman–Crippen MR) is 110 cm³/mol. The molecule has 0 radical (unpaired) electrons. The Morgan fingerprint density at radius 3 is 2.39 bits per heavy atom. The predicted octanol–water partition coefficient (Wildman–Crippen LogP) is 3.84. The molecule has 3 aromatic rings. The first-order valence-electron chi connectivity index (χ1n) is 9.62. The van der Waals surface area contributed by atoms with Gasteiger partial charge in [-0.1, -0.05) is 12.1 Å². The second kappa shape index (κ2) is 7.50. The summed E-state index contributed by atoms with van der Waals surface area (Å²) in [6.45, 7) is 6.57. The SMILES string of the molecule is CC(=O)c1ccc(N2CCN(C(=O)Cc3coc4cc(C)ccc34)CC2)cc1. The number of Topliss-reactive ketones (excluding diaryl/α,β-unsaturated/α-hetero) is 1. The fraction of sp³-hybridized carbons (Fsp3) is 0.304. The van der Waals surface area contributed by atoms with Crippen molar-refractivity contribution in [3.05, 3.63) is 65.4 Å². The second-order valence-corrected chi connectivity index (χ2v) is 7.41. The van der Waals surface area contributed by atoms with Crippen LogP contribution in [-0.4, -0.2) is 42.8 Å².